The fourth-order valence-corrected chi connectivity index (χ4v) is 3.61. The average Bonchev–Trinajstić information content (AvgIpc) is 3.16. The van der Waals surface area contributed by atoms with Crippen LogP contribution in [0.5, 0.6) is 0 Å². The lowest BCUT2D eigenvalue weighted by Gasteiger charge is -2.21. The molecule has 0 saturated heterocycles. The molecule has 2 atom stereocenters. The molecule has 2 aromatic heterocycles. The number of amides is 1. The molecule has 3 rings (SSSR count). The maximum absolute atomic E-state index is 12.6. The highest BCUT2D eigenvalue weighted by molar-refractivity contribution is 5.95. The predicted octanol–water partition coefficient (Wildman–Crippen LogP) is 1.89. The average molecular weight is 357 g/mol. The van der Waals surface area contributed by atoms with Crippen molar-refractivity contribution in [2.75, 3.05) is 0 Å². The Morgan fingerprint density at radius 3 is 2.96 bits per heavy atom. The number of carbonyl (C=O) groups is 1. The normalized spacial score (nSPS) is 20.3. The molecule has 0 bridgehead atoms. The molecule has 1 aliphatic rings. The highest BCUT2D eigenvalue weighted by atomic mass is 16.3. The summed E-state index contributed by atoms with van der Waals surface area (Å²) >= 11 is 0. The van der Waals surface area contributed by atoms with Gasteiger partial charge in [-0.1, -0.05) is 11.6 Å². The number of nitrogens with zero attached hydrogens (tertiary/aromatic N) is 4. The number of nitrogens with one attached hydrogen (secondary N) is 1. The third-order valence-electron chi connectivity index (χ3n) is 4.86. The van der Waals surface area contributed by atoms with Crippen molar-refractivity contribution in [1.82, 2.24) is 25.3 Å². The van der Waals surface area contributed by atoms with E-state index in [1.807, 2.05) is 17.8 Å². The SMILES string of the molecule is Cc1cnccc1C(=O)N[C@@H]1CCC[C@@H]1Cn1cc(CC(C)(C)O)nn1. The summed E-state index contributed by atoms with van der Waals surface area (Å²) in [5.41, 5.74) is 1.54. The number of hydrogen-bond donors (Lipinski definition) is 2. The van der Waals surface area contributed by atoms with Crippen LogP contribution in [0.4, 0.5) is 0 Å². The number of aromatic nitrogens is 4. The second kappa shape index (κ2) is 7.53. The van der Waals surface area contributed by atoms with E-state index in [4.69, 9.17) is 0 Å². The first-order valence-corrected chi connectivity index (χ1v) is 9.15. The van der Waals surface area contributed by atoms with E-state index in [1.165, 1.54) is 0 Å². The summed E-state index contributed by atoms with van der Waals surface area (Å²) in [7, 11) is 0. The van der Waals surface area contributed by atoms with Crippen LogP contribution in [0.2, 0.25) is 0 Å². The number of hydrogen-bond acceptors (Lipinski definition) is 5. The molecule has 1 aliphatic carbocycles. The first kappa shape index (κ1) is 18.5. The summed E-state index contributed by atoms with van der Waals surface area (Å²) in [5.74, 6) is 0.292. The zero-order valence-corrected chi connectivity index (χ0v) is 15.6. The van der Waals surface area contributed by atoms with E-state index in [1.54, 1.807) is 32.3 Å². The molecule has 7 nitrogen and oxygen atoms in total. The van der Waals surface area contributed by atoms with Gasteiger partial charge in [-0.05, 0) is 51.2 Å². The van der Waals surface area contributed by atoms with Gasteiger partial charge in [0.15, 0.2) is 0 Å². The van der Waals surface area contributed by atoms with Gasteiger partial charge in [0.2, 0.25) is 0 Å². The molecule has 2 heterocycles. The van der Waals surface area contributed by atoms with Crippen molar-refractivity contribution in [3.63, 3.8) is 0 Å². The van der Waals surface area contributed by atoms with Gasteiger partial charge in [0.25, 0.3) is 5.91 Å². The maximum Gasteiger partial charge on any atom is 0.251 e. The fraction of sp³-hybridized carbons (Fsp3) is 0.579. The molecule has 0 aliphatic heterocycles. The van der Waals surface area contributed by atoms with E-state index in [9.17, 15) is 9.90 Å². The molecule has 1 saturated carbocycles. The van der Waals surface area contributed by atoms with E-state index in [0.717, 1.165) is 37.1 Å². The van der Waals surface area contributed by atoms with Crippen molar-refractivity contribution in [3.05, 3.63) is 41.5 Å². The molecule has 2 N–H and O–H groups in total. The number of rotatable bonds is 6. The minimum atomic E-state index is -0.798. The van der Waals surface area contributed by atoms with Crippen LogP contribution in [-0.4, -0.2) is 42.6 Å². The predicted molar refractivity (Wildman–Crippen MR) is 97.6 cm³/mol. The van der Waals surface area contributed by atoms with Crippen LogP contribution in [0.1, 0.15) is 54.7 Å². The van der Waals surface area contributed by atoms with Gasteiger partial charge in [-0.25, -0.2) is 0 Å². The Bertz CT molecular complexity index is 765. The molecule has 1 amide bonds. The van der Waals surface area contributed by atoms with Gasteiger partial charge in [-0.15, -0.1) is 5.10 Å². The van der Waals surface area contributed by atoms with Crippen LogP contribution in [0.25, 0.3) is 0 Å². The molecule has 2 aromatic rings. The van der Waals surface area contributed by atoms with Crippen molar-refractivity contribution in [2.45, 2.75) is 64.6 Å². The van der Waals surface area contributed by atoms with Crippen LogP contribution in [-0.2, 0) is 13.0 Å². The Morgan fingerprint density at radius 2 is 2.23 bits per heavy atom. The zero-order chi connectivity index (χ0) is 18.7. The standard InChI is InChI=1S/C19H27N5O2/c1-13-10-20-8-7-16(13)18(25)21-17-6-4-5-14(17)11-24-12-15(22-23-24)9-19(2,3)26/h7-8,10,12,14,17,26H,4-6,9,11H2,1-3H3,(H,21,25)/t14-,17-/m1/s1. The van der Waals surface area contributed by atoms with E-state index < -0.39 is 5.60 Å². The quantitative estimate of drug-likeness (QED) is 0.823. The van der Waals surface area contributed by atoms with Crippen molar-refractivity contribution >= 4 is 5.91 Å². The number of aliphatic hydroxyl groups is 1. The van der Waals surface area contributed by atoms with Crippen molar-refractivity contribution in [2.24, 2.45) is 5.92 Å². The molecule has 0 radical (unpaired) electrons. The fourth-order valence-electron chi connectivity index (χ4n) is 3.61. The highest BCUT2D eigenvalue weighted by Gasteiger charge is 2.30. The van der Waals surface area contributed by atoms with Crippen LogP contribution in [0.3, 0.4) is 0 Å². The maximum atomic E-state index is 12.6. The zero-order valence-electron chi connectivity index (χ0n) is 15.6. The van der Waals surface area contributed by atoms with Crippen molar-refractivity contribution in [3.8, 4) is 0 Å². The molecule has 1 fully saturated rings. The van der Waals surface area contributed by atoms with Gasteiger partial charge >= 0.3 is 0 Å². The van der Waals surface area contributed by atoms with Gasteiger partial charge in [-0.3, -0.25) is 14.5 Å². The Labute approximate surface area is 153 Å². The summed E-state index contributed by atoms with van der Waals surface area (Å²) in [6.07, 6.45) is 8.85. The number of aryl methyl sites for hydroxylation is 1. The summed E-state index contributed by atoms with van der Waals surface area (Å²) in [4.78, 5) is 16.6. The van der Waals surface area contributed by atoms with Gasteiger partial charge < -0.3 is 10.4 Å². The molecule has 0 spiro atoms. The monoisotopic (exact) mass is 357 g/mol. The molecule has 26 heavy (non-hydrogen) atoms. The third kappa shape index (κ3) is 4.66. The molecule has 140 valence electrons. The van der Waals surface area contributed by atoms with E-state index in [-0.39, 0.29) is 11.9 Å². The van der Waals surface area contributed by atoms with Gasteiger partial charge in [0, 0.05) is 43.2 Å². The summed E-state index contributed by atoms with van der Waals surface area (Å²) in [5, 5.41) is 21.4. The highest BCUT2D eigenvalue weighted by Crippen LogP contribution is 2.27. The van der Waals surface area contributed by atoms with Crippen molar-refractivity contribution < 1.29 is 9.90 Å². The summed E-state index contributed by atoms with van der Waals surface area (Å²) in [6.45, 7) is 6.14. The van der Waals surface area contributed by atoms with Crippen molar-refractivity contribution in [1.29, 1.82) is 0 Å². The van der Waals surface area contributed by atoms with E-state index >= 15 is 0 Å². The van der Waals surface area contributed by atoms with Crippen LogP contribution >= 0.6 is 0 Å². The molecular formula is C19H27N5O2. The largest absolute Gasteiger partial charge is 0.390 e. The molecule has 0 aromatic carbocycles. The lowest BCUT2D eigenvalue weighted by atomic mass is 10.0. The summed E-state index contributed by atoms with van der Waals surface area (Å²) < 4.78 is 1.83. The van der Waals surface area contributed by atoms with E-state index in [0.29, 0.717) is 17.9 Å². The van der Waals surface area contributed by atoms with Gasteiger partial charge in [0.05, 0.1) is 11.3 Å². The Hall–Kier alpha value is -2.28. The second-order valence-corrected chi connectivity index (χ2v) is 7.88. The first-order valence-electron chi connectivity index (χ1n) is 9.15. The molecular weight excluding hydrogens is 330 g/mol. The topological polar surface area (TPSA) is 92.9 Å². The lowest BCUT2D eigenvalue weighted by molar-refractivity contribution is 0.0798. The number of pyridine rings is 1. The first-order chi connectivity index (χ1) is 12.3. The minimum absolute atomic E-state index is 0.0388. The third-order valence-corrected chi connectivity index (χ3v) is 4.86. The smallest absolute Gasteiger partial charge is 0.251 e. The Balaban J connectivity index is 1.62. The van der Waals surface area contributed by atoms with Gasteiger partial charge in [-0.2, -0.15) is 0 Å². The Morgan fingerprint density at radius 1 is 1.42 bits per heavy atom. The Kier molecular flexibility index (Phi) is 5.36. The van der Waals surface area contributed by atoms with E-state index in [2.05, 4.69) is 20.6 Å². The number of carbonyl (C=O) groups excluding carboxylic acids is 1. The minimum Gasteiger partial charge on any atom is -0.390 e. The van der Waals surface area contributed by atoms with Gasteiger partial charge in [0.1, 0.15) is 0 Å². The molecule has 0 unspecified atom stereocenters. The van der Waals surface area contributed by atoms with Crippen LogP contribution in [0.15, 0.2) is 24.7 Å². The molecule has 7 heteroatoms. The lowest BCUT2D eigenvalue weighted by Crippen LogP contribution is -2.39. The van der Waals surface area contributed by atoms with Crippen LogP contribution < -0.4 is 5.32 Å². The van der Waals surface area contributed by atoms with Crippen LogP contribution in [0, 0.1) is 12.8 Å². The second-order valence-electron chi connectivity index (χ2n) is 7.88. The summed E-state index contributed by atoms with van der Waals surface area (Å²) in [6, 6.07) is 1.90.